The molecule has 1 aromatic rings. The van der Waals surface area contributed by atoms with E-state index in [4.69, 9.17) is 4.52 Å². The number of hydrogen-bond donors (Lipinski definition) is 1. The van der Waals surface area contributed by atoms with Crippen LogP contribution in [0, 0.1) is 6.92 Å². The number of rotatable bonds is 1. The zero-order valence-electron chi connectivity index (χ0n) is 8.36. The van der Waals surface area contributed by atoms with Gasteiger partial charge in [-0.15, -0.1) is 0 Å². The predicted molar refractivity (Wildman–Crippen MR) is 51.0 cm³/mol. The van der Waals surface area contributed by atoms with Gasteiger partial charge in [0.25, 0.3) is 0 Å². The molecular formula is C10H15N3O. The predicted octanol–water partition coefficient (Wildman–Crippen LogP) is 1.38. The van der Waals surface area contributed by atoms with Crippen molar-refractivity contribution in [2.45, 2.75) is 50.6 Å². The van der Waals surface area contributed by atoms with Crippen molar-refractivity contribution in [3.05, 3.63) is 11.7 Å². The maximum atomic E-state index is 5.03. The van der Waals surface area contributed by atoms with Crippen LogP contribution in [-0.2, 0) is 0 Å². The number of hydrogen-bond acceptors (Lipinski definition) is 4. The summed E-state index contributed by atoms with van der Waals surface area (Å²) in [6.45, 7) is 1.85. The van der Waals surface area contributed by atoms with Crippen LogP contribution < -0.4 is 5.32 Å². The van der Waals surface area contributed by atoms with Gasteiger partial charge >= 0.3 is 0 Å². The molecule has 0 spiro atoms. The van der Waals surface area contributed by atoms with Crippen molar-refractivity contribution in [2.75, 3.05) is 0 Å². The molecule has 0 aromatic carbocycles. The topological polar surface area (TPSA) is 51.0 Å². The maximum absolute atomic E-state index is 5.03. The summed E-state index contributed by atoms with van der Waals surface area (Å²) in [6.07, 6.45) is 4.99. The molecule has 0 radical (unpaired) electrons. The Kier molecular flexibility index (Phi) is 1.83. The van der Waals surface area contributed by atoms with Gasteiger partial charge in [0, 0.05) is 24.9 Å². The number of fused-ring (bicyclic) bond motifs is 2. The van der Waals surface area contributed by atoms with Gasteiger partial charge in [0.2, 0.25) is 5.89 Å². The number of nitrogens with zero attached hydrogens (tertiary/aromatic N) is 2. The molecule has 1 aromatic heterocycles. The average molecular weight is 193 g/mol. The number of piperidine rings is 1. The molecule has 3 atom stereocenters. The molecule has 76 valence electrons. The fraction of sp³-hybridized carbons (Fsp3) is 0.800. The van der Waals surface area contributed by atoms with Crippen LogP contribution in [-0.4, -0.2) is 22.2 Å². The zero-order valence-corrected chi connectivity index (χ0v) is 8.36. The van der Waals surface area contributed by atoms with Crippen LogP contribution in [0.2, 0.25) is 0 Å². The van der Waals surface area contributed by atoms with Crippen molar-refractivity contribution in [3.8, 4) is 0 Å². The molecule has 2 bridgehead atoms. The third-order valence-corrected chi connectivity index (χ3v) is 3.38. The monoisotopic (exact) mass is 193 g/mol. The normalized spacial score (nSPS) is 36.2. The molecule has 3 rings (SSSR count). The van der Waals surface area contributed by atoms with Crippen LogP contribution in [0.4, 0.5) is 0 Å². The van der Waals surface area contributed by atoms with E-state index in [2.05, 4.69) is 15.5 Å². The lowest BCUT2D eigenvalue weighted by Gasteiger charge is -2.26. The zero-order chi connectivity index (χ0) is 9.54. The van der Waals surface area contributed by atoms with Crippen molar-refractivity contribution in [1.29, 1.82) is 0 Å². The molecule has 2 fully saturated rings. The molecule has 14 heavy (non-hydrogen) atoms. The van der Waals surface area contributed by atoms with Crippen molar-refractivity contribution in [2.24, 2.45) is 0 Å². The molecular weight excluding hydrogens is 178 g/mol. The minimum Gasteiger partial charge on any atom is -0.340 e. The van der Waals surface area contributed by atoms with Gasteiger partial charge in [-0.1, -0.05) is 5.16 Å². The molecule has 0 aliphatic carbocycles. The summed E-state index contributed by atoms with van der Waals surface area (Å²) in [5.41, 5.74) is 0. The molecule has 0 saturated carbocycles. The van der Waals surface area contributed by atoms with E-state index in [1.165, 1.54) is 25.7 Å². The van der Waals surface area contributed by atoms with Crippen molar-refractivity contribution in [1.82, 2.24) is 15.5 Å². The Morgan fingerprint density at radius 3 is 2.57 bits per heavy atom. The summed E-state index contributed by atoms with van der Waals surface area (Å²) in [6, 6.07) is 1.38. The van der Waals surface area contributed by atoms with E-state index in [-0.39, 0.29) is 0 Å². The summed E-state index contributed by atoms with van der Waals surface area (Å²) in [5.74, 6) is 2.12. The summed E-state index contributed by atoms with van der Waals surface area (Å²) >= 11 is 0. The lowest BCUT2D eigenvalue weighted by atomic mass is 9.92. The first kappa shape index (κ1) is 8.41. The molecule has 3 heterocycles. The van der Waals surface area contributed by atoms with Crippen LogP contribution in [0.25, 0.3) is 0 Å². The molecule has 2 saturated heterocycles. The number of aryl methyl sites for hydroxylation is 1. The van der Waals surface area contributed by atoms with Gasteiger partial charge in [-0.05, 0) is 25.7 Å². The van der Waals surface area contributed by atoms with Crippen LogP contribution >= 0.6 is 0 Å². The quantitative estimate of drug-likeness (QED) is 0.732. The third kappa shape index (κ3) is 1.34. The fourth-order valence-electron chi connectivity index (χ4n) is 2.75. The van der Waals surface area contributed by atoms with Crippen molar-refractivity contribution in [3.63, 3.8) is 0 Å². The average Bonchev–Trinajstić information content (AvgIpc) is 2.73. The summed E-state index contributed by atoms with van der Waals surface area (Å²) in [5, 5.41) is 7.63. The van der Waals surface area contributed by atoms with E-state index >= 15 is 0 Å². The molecule has 1 unspecified atom stereocenters. The Morgan fingerprint density at radius 2 is 2.00 bits per heavy atom. The third-order valence-electron chi connectivity index (χ3n) is 3.38. The second kappa shape index (κ2) is 3.05. The highest BCUT2D eigenvalue weighted by Gasteiger charge is 2.35. The number of aromatic nitrogens is 2. The SMILES string of the molecule is Cc1nc(C2C[C@H]3CC[C@@H](C2)N3)no1. The van der Waals surface area contributed by atoms with E-state index in [1.54, 1.807) is 0 Å². The molecule has 2 aliphatic rings. The Hall–Kier alpha value is -0.900. The second-order valence-electron chi connectivity index (χ2n) is 4.48. The van der Waals surface area contributed by atoms with Crippen LogP contribution in [0.3, 0.4) is 0 Å². The lowest BCUT2D eigenvalue weighted by molar-refractivity contribution is 0.335. The van der Waals surface area contributed by atoms with Crippen molar-refractivity contribution < 1.29 is 4.52 Å². The van der Waals surface area contributed by atoms with E-state index in [0.717, 1.165) is 5.82 Å². The highest BCUT2D eigenvalue weighted by molar-refractivity contribution is 5.04. The van der Waals surface area contributed by atoms with Crippen LogP contribution in [0.15, 0.2) is 4.52 Å². The first-order valence-corrected chi connectivity index (χ1v) is 5.37. The Morgan fingerprint density at radius 1 is 1.29 bits per heavy atom. The van der Waals surface area contributed by atoms with Gasteiger partial charge in [-0.2, -0.15) is 4.98 Å². The van der Waals surface area contributed by atoms with Gasteiger partial charge in [0.05, 0.1) is 0 Å². The molecule has 1 N–H and O–H groups in total. The van der Waals surface area contributed by atoms with Gasteiger partial charge < -0.3 is 9.84 Å². The largest absolute Gasteiger partial charge is 0.340 e. The van der Waals surface area contributed by atoms with E-state index < -0.39 is 0 Å². The van der Waals surface area contributed by atoms with Gasteiger partial charge in [0.15, 0.2) is 5.82 Å². The summed E-state index contributed by atoms with van der Waals surface area (Å²) in [4.78, 5) is 4.33. The lowest BCUT2D eigenvalue weighted by Crippen LogP contribution is -2.37. The van der Waals surface area contributed by atoms with E-state index in [1.807, 2.05) is 6.92 Å². The molecule has 2 aliphatic heterocycles. The molecule has 4 nitrogen and oxygen atoms in total. The summed E-state index contributed by atoms with van der Waals surface area (Å²) in [7, 11) is 0. The van der Waals surface area contributed by atoms with E-state index in [9.17, 15) is 0 Å². The molecule has 4 heteroatoms. The number of nitrogens with one attached hydrogen (secondary N) is 1. The first-order valence-electron chi connectivity index (χ1n) is 5.37. The van der Waals surface area contributed by atoms with Gasteiger partial charge in [-0.3, -0.25) is 0 Å². The van der Waals surface area contributed by atoms with E-state index in [0.29, 0.717) is 23.9 Å². The first-order chi connectivity index (χ1) is 6.81. The highest BCUT2D eigenvalue weighted by Crippen LogP contribution is 2.35. The van der Waals surface area contributed by atoms with Crippen molar-refractivity contribution >= 4 is 0 Å². The fourth-order valence-corrected chi connectivity index (χ4v) is 2.75. The summed E-state index contributed by atoms with van der Waals surface area (Å²) < 4.78 is 5.03. The highest BCUT2D eigenvalue weighted by atomic mass is 16.5. The second-order valence-corrected chi connectivity index (χ2v) is 4.48. The van der Waals surface area contributed by atoms with Gasteiger partial charge in [0.1, 0.15) is 0 Å². The Bertz CT molecular complexity index is 324. The minimum absolute atomic E-state index is 0.520. The smallest absolute Gasteiger partial charge is 0.223 e. The molecule has 0 amide bonds. The van der Waals surface area contributed by atoms with Crippen LogP contribution in [0.1, 0.15) is 43.3 Å². The minimum atomic E-state index is 0.520. The van der Waals surface area contributed by atoms with Gasteiger partial charge in [-0.25, -0.2) is 0 Å². The Labute approximate surface area is 83.1 Å². The Balaban J connectivity index is 1.80. The van der Waals surface area contributed by atoms with Crippen LogP contribution in [0.5, 0.6) is 0 Å². The standard InChI is InChI=1S/C10H15N3O/c1-6-11-10(13-14-6)7-4-8-2-3-9(5-7)12-8/h7-9,12H,2-5H2,1H3/t7?,8-,9+. The maximum Gasteiger partial charge on any atom is 0.223 e.